The number of H-pyrrole nitrogens is 1. The molecular weight excluding hydrogens is 488 g/mol. The fourth-order valence-electron chi connectivity index (χ4n) is 3.55. The molecule has 2 rings (SSSR count). The van der Waals surface area contributed by atoms with E-state index in [-0.39, 0.29) is 18.1 Å². The van der Waals surface area contributed by atoms with Crippen molar-refractivity contribution in [1.82, 2.24) is 20.9 Å². The van der Waals surface area contributed by atoms with Gasteiger partial charge in [0.15, 0.2) is 0 Å². The Labute approximate surface area is 213 Å². The molecule has 0 fully saturated rings. The molecule has 1 aromatic carbocycles. The van der Waals surface area contributed by atoms with Crippen molar-refractivity contribution in [3.05, 3.63) is 36.0 Å². The summed E-state index contributed by atoms with van der Waals surface area (Å²) in [6.45, 7) is 3.41. The Bertz CT molecular complexity index is 1120. The van der Waals surface area contributed by atoms with Crippen LogP contribution >= 0.6 is 12.6 Å². The van der Waals surface area contributed by atoms with E-state index in [9.17, 15) is 29.1 Å². The first-order valence-electron chi connectivity index (χ1n) is 11.3. The van der Waals surface area contributed by atoms with Gasteiger partial charge in [0.1, 0.15) is 18.1 Å². The first kappa shape index (κ1) is 28.7. The van der Waals surface area contributed by atoms with Gasteiger partial charge in [0.2, 0.25) is 23.6 Å². The number of fused-ring (bicyclic) bond motifs is 1. The molecular formula is C23H32N6O6S. The Morgan fingerprint density at radius 1 is 1.00 bits per heavy atom. The second-order valence-corrected chi connectivity index (χ2v) is 9.08. The Kier molecular flexibility index (Phi) is 10.3. The summed E-state index contributed by atoms with van der Waals surface area (Å²) in [6, 6.07) is 2.84. The van der Waals surface area contributed by atoms with Gasteiger partial charge in [-0.1, -0.05) is 32.0 Å². The first-order chi connectivity index (χ1) is 16.9. The molecule has 4 atom stereocenters. The van der Waals surface area contributed by atoms with Crippen molar-refractivity contribution in [1.29, 1.82) is 0 Å². The van der Waals surface area contributed by atoms with Crippen LogP contribution in [0.2, 0.25) is 0 Å². The van der Waals surface area contributed by atoms with Crippen molar-refractivity contribution < 1.29 is 29.1 Å². The molecule has 0 radical (unpaired) electrons. The van der Waals surface area contributed by atoms with E-state index in [1.54, 1.807) is 20.0 Å². The lowest BCUT2D eigenvalue weighted by Gasteiger charge is -2.26. The number of carbonyl (C=O) groups excluding carboxylic acids is 4. The van der Waals surface area contributed by atoms with Crippen LogP contribution in [0.4, 0.5) is 0 Å². The van der Waals surface area contributed by atoms with Crippen molar-refractivity contribution in [2.75, 3.05) is 5.75 Å². The highest BCUT2D eigenvalue weighted by Gasteiger charge is 2.31. The number of primary amides is 1. The zero-order chi connectivity index (χ0) is 27.0. The van der Waals surface area contributed by atoms with Crippen molar-refractivity contribution in [2.24, 2.45) is 17.4 Å². The lowest BCUT2D eigenvalue weighted by molar-refractivity contribution is -0.143. The van der Waals surface area contributed by atoms with Crippen LogP contribution in [0, 0.1) is 5.92 Å². The normalized spacial score (nSPS) is 14.5. The highest BCUT2D eigenvalue weighted by atomic mass is 32.1. The van der Waals surface area contributed by atoms with Crippen LogP contribution in [0.15, 0.2) is 30.5 Å². The molecule has 4 amide bonds. The van der Waals surface area contributed by atoms with E-state index in [0.29, 0.717) is 0 Å². The predicted molar refractivity (Wildman–Crippen MR) is 136 cm³/mol. The average Bonchev–Trinajstić information content (AvgIpc) is 3.22. The van der Waals surface area contributed by atoms with Gasteiger partial charge < -0.3 is 37.5 Å². The number of hydrogen-bond acceptors (Lipinski definition) is 7. The van der Waals surface area contributed by atoms with Gasteiger partial charge >= 0.3 is 5.97 Å². The van der Waals surface area contributed by atoms with Crippen LogP contribution in [0.3, 0.4) is 0 Å². The molecule has 0 spiro atoms. The van der Waals surface area contributed by atoms with Crippen molar-refractivity contribution in [2.45, 2.75) is 50.9 Å². The van der Waals surface area contributed by atoms with E-state index in [1.165, 1.54) is 0 Å². The number of thiol groups is 1. The van der Waals surface area contributed by atoms with Crippen molar-refractivity contribution in [3.63, 3.8) is 0 Å². The summed E-state index contributed by atoms with van der Waals surface area (Å²) in [7, 11) is 0. The number of hydrogen-bond donors (Lipinski definition) is 8. The van der Waals surface area contributed by atoms with Gasteiger partial charge in [0, 0.05) is 22.9 Å². The van der Waals surface area contributed by atoms with Gasteiger partial charge in [0.25, 0.3) is 0 Å². The van der Waals surface area contributed by atoms with Gasteiger partial charge in [-0.3, -0.25) is 19.2 Å². The number of benzene rings is 1. The molecule has 36 heavy (non-hydrogen) atoms. The molecule has 1 heterocycles. The van der Waals surface area contributed by atoms with Crippen LogP contribution in [-0.4, -0.2) is 69.6 Å². The van der Waals surface area contributed by atoms with E-state index in [1.807, 2.05) is 24.3 Å². The summed E-state index contributed by atoms with van der Waals surface area (Å²) in [5.41, 5.74) is 12.9. The minimum Gasteiger partial charge on any atom is -0.480 e. The smallest absolute Gasteiger partial charge is 0.326 e. The van der Waals surface area contributed by atoms with E-state index >= 15 is 0 Å². The Balaban J connectivity index is 2.04. The number of aliphatic carboxylic acids is 1. The third-order valence-electron chi connectivity index (χ3n) is 5.53. The van der Waals surface area contributed by atoms with Crippen LogP contribution in [0.25, 0.3) is 10.9 Å². The number of rotatable bonds is 13. The molecule has 0 saturated carbocycles. The zero-order valence-corrected chi connectivity index (χ0v) is 20.9. The van der Waals surface area contributed by atoms with Gasteiger partial charge in [-0.05, 0) is 24.0 Å². The molecule has 0 aliphatic heterocycles. The van der Waals surface area contributed by atoms with Gasteiger partial charge in [-0.25, -0.2) is 4.79 Å². The number of aromatic amines is 1. The minimum atomic E-state index is -1.56. The maximum Gasteiger partial charge on any atom is 0.326 e. The molecule has 9 N–H and O–H groups in total. The number of carbonyl (C=O) groups is 5. The Morgan fingerprint density at radius 2 is 1.64 bits per heavy atom. The molecule has 0 saturated heterocycles. The van der Waals surface area contributed by atoms with Crippen molar-refractivity contribution >= 4 is 53.1 Å². The van der Waals surface area contributed by atoms with E-state index in [2.05, 4.69) is 33.6 Å². The van der Waals surface area contributed by atoms with Crippen LogP contribution in [0.1, 0.15) is 25.8 Å². The van der Waals surface area contributed by atoms with E-state index in [0.717, 1.165) is 16.5 Å². The SMILES string of the molecule is CC(C)C(NC(=O)C(N)Cc1c[nH]c2ccccc12)C(=O)NC(CS)C(=O)NC(CC(N)=O)C(=O)O. The summed E-state index contributed by atoms with van der Waals surface area (Å²) in [6.07, 6.45) is 1.40. The van der Waals surface area contributed by atoms with Gasteiger partial charge in [0.05, 0.1) is 12.5 Å². The van der Waals surface area contributed by atoms with Crippen molar-refractivity contribution in [3.8, 4) is 0 Å². The second kappa shape index (κ2) is 12.9. The van der Waals surface area contributed by atoms with Gasteiger partial charge in [-0.2, -0.15) is 12.6 Å². The Hall–Kier alpha value is -3.58. The average molecular weight is 521 g/mol. The maximum atomic E-state index is 12.9. The van der Waals surface area contributed by atoms with Crippen LogP contribution < -0.4 is 27.4 Å². The number of carboxylic acids is 1. The monoisotopic (exact) mass is 520 g/mol. The van der Waals surface area contributed by atoms with Gasteiger partial charge in [-0.15, -0.1) is 0 Å². The first-order valence-corrected chi connectivity index (χ1v) is 11.9. The molecule has 0 aliphatic carbocycles. The van der Waals surface area contributed by atoms with Crippen LogP contribution in [-0.2, 0) is 30.4 Å². The van der Waals surface area contributed by atoms with E-state index in [4.69, 9.17) is 11.5 Å². The molecule has 4 unspecified atom stereocenters. The fourth-order valence-corrected chi connectivity index (χ4v) is 3.81. The number of para-hydroxylation sites is 1. The largest absolute Gasteiger partial charge is 0.480 e. The maximum absolute atomic E-state index is 12.9. The number of aromatic nitrogens is 1. The molecule has 1 aromatic heterocycles. The third-order valence-corrected chi connectivity index (χ3v) is 5.90. The fraction of sp³-hybridized carbons (Fsp3) is 0.435. The predicted octanol–water partition coefficient (Wildman–Crippen LogP) is -0.962. The summed E-state index contributed by atoms with van der Waals surface area (Å²) in [4.78, 5) is 63.7. The molecule has 12 nitrogen and oxygen atoms in total. The summed E-state index contributed by atoms with van der Waals surface area (Å²) in [5, 5.41) is 17.4. The van der Waals surface area contributed by atoms with Crippen LogP contribution in [0.5, 0.6) is 0 Å². The summed E-state index contributed by atoms with van der Waals surface area (Å²) >= 11 is 4.05. The zero-order valence-electron chi connectivity index (χ0n) is 20.0. The Morgan fingerprint density at radius 3 is 2.22 bits per heavy atom. The molecule has 0 aliphatic rings. The number of carboxylic acid groups (broad SMARTS) is 1. The van der Waals surface area contributed by atoms with E-state index < -0.39 is 60.2 Å². The number of amides is 4. The lowest BCUT2D eigenvalue weighted by atomic mass is 10.0. The topological polar surface area (TPSA) is 209 Å². The highest BCUT2D eigenvalue weighted by molar-refractivity contribution is 7.80. The number of nitrogens with one attached hydrogen (secondary N) is 4. The third kappa shape index (κ3) is 7.71. The second-order valence-electron chi connectivity index (χ2n) is 8.71. The molecule has 2 aromatic rings. The molecule has 196 valence electrons. The minimum absolute atomic E-state index is 0.167. The summed E-state index contributed by atoms with van der Waals surface area (Å²) in [5.74, 6) is -4.98. The number of nitrogens with two attached hydrogens (primary N) is 2. The molecule has 0 bridgehead atoms. The molecule has 13 heteroatoms. The standard InChI is InChI=1S/C23H32N6O6S/c1-11(2)19(22(33)28-17(10-36)21(32)27-16(23(34)35)8-18(25)30)29-20(31)14(24)7-12-9-26-15-6-4-3-5-13(12)15/h3-6,9,11,14,16-17,19,26,36H,7-8,10,24H2,1-2H3,(H2,25,30)(H,27,32)(H,28,33)(H,29,31)(H,34,35). The highest BCUT2D eigenvalue weighted by Crippen LogP contribution is 2.19. The summed E-state index contributed by atoms with van der Waals surface area (Å²) < 4.78 is 0. The quantitative estimate of drug-likeness (QED) is 0.155. The lowest BCUT2D eigenvalue weighted by Crippen LogP contribution is -2.59.